The highest BCUT2D eigenvalue weighted by molar-refractivity contribution is 8.38. The van der Waals surface area contributed by atoms with Crippen molar-refractivity contribution >= 4 is 10.0 Å². The van der Waals surface area contributed by atoms with Gasteiger partial charge < -0.3 is 0 Å². The first-order chi connectivity index (χ1) is 10.4. The number of hydrogen-bond donors (Lipinski definition) is 0. The first kappa shape index (κ1) is 14.2. The van der Waals surface area contributed by atoms with Gasteiger partial charge in [0.25, 0.3) is 0 Å². The van der Waals surface area contributed by atoms with Gasteiger partial charge in [0.05, 0.1) is 0 Å². The largest absolute Gasteiger partial charge is 0.146 e. The van der Waals surface area contributed by atoms with Crippen molar-refractivity contribution in [1.29, 1.82) is 0 Å². The summed E-state index contributed by atoms with van der Waals surface area (Å²) in [4.78, 5) is 2.94. The molecule has 0 bridgehead atoms. The zero-order valence-electron chi connectivity index (χ0n) is 12.5. The van der Waals surface area contributed by atoms with E-state index in [1.54, 1.807) is 0 Å². The number of benzene rings is 2. The van der Waals surface area contributed by atoms with E-state index in [2.05, 4.69) is 84.5 Å². The van der Waals surface area contributed by atoms with Gasteiger partial charge in [0, 0.05) is 9.79 Å². The molecule has 0 amide bonds. The second kappa shape index (κ2) is 6.36. The summed E-state index contributed by atoms with van der Waals surface area (Å²) in [6, 6.07) is 19.9. The molecule has 2 aromatic carbocycles. The SMILES string of the molecule is CCCCc1ccccc1S1(c2ccccc2)C=CC=C1. The molecular formula is C20H22S. The summed E-state index contributed by atoms with van der Waals surface area (Å²) >= 11 is 0. The highest BCUT2D eigenvalue weighted by Gasteiger charge is 2.27. The van der Waals surface area contributed by atoms with Crippen LogP contribution in [0.4, 0.5) is 0 Å². The number of hydrogen-bond acceptors (Lipinski definition) is 0. The fourth-order valence-electron chi connectivity index (χ4n) is 2.87. The lowest BCUT2D eigenvalue weighted by atomic mass is 10.1. The van der Waals surface area contributed by atoms with Crippen LogP contribution in [0.5, 0.6) is 0 Å². The molecule has 0 atom stereocenters. The second-order valence-electron chi connectivity index (χ2n) is 5.39. The van der Waals surface area contributed by atoms with Gasteiger partial charge in [-0.05, 0) is 47.4 Å². The quantitative estimate of drug-likeness (QED) is 0.607. The van der Waals surface area contributed by atoms with Crippen molar-refractivity contribution < 1.29 is 0 Å². The zero-order chi connectivity index (χ0) is 14.5. The summed E-state index contributed by atoms with van der Waals surface area (Å²) in [5.74, 6) is 0. The highest BCUT2D eigenvalue weighted by Crippen LogP contribution is 2.67. The Kier molecular flexibility index (Phi) is 4.31. The van der Waals surface area contributed by atoms with Crippen molar-refractivity contribution in [2.24, 2.45) is 0 Å². The summed E-state index contributed by atoms with van der Waals surface area (Å²) in [5, 5.41) is 4.82. The molecule has 0 unspecified atom stereocenters. The smallest absolute Gasteiger partial charge is 0.00441 e. The lowest BCUT2D eigenvalue weighted by Gasteiger charge is -2.34. The average molecular weight is 294 g/mol. The van der Waals surface area contributed by atoms with Gasteiger partial charge in [-0.15, -0.1) is 10.0 Å². The van der Waals surface area contributed by atoms with E-state index in [1.807, 2.05) is 0 Å². The Labute approximate surface area is 129 Å². The van der Waals surface area contributed by atoms with Crippen molar-refractivity contribution in [2.75, 3.05) is 0 Å². The first-order valence-corrected chi connectivity index (χ1v) is 9.44. The standard InChI is InChI=1S/C20H22S/c1-2-3-11-18-12-7-8-15-20(18)21(16-9-10-17-21)19-13-5-4-6-14-19/h4-10,12-17H,2-3,11H2,1H3. The molecule has 0 spiro atoms. The van der Waals surface area contributed by atoms with E-state index in [1.165, 1.54) is 34.6 Å². The maximum atomic E-state index is 2.41. The summed E-state index contributed by atoms with van der Waals surface area (Å²) in [6.45, 7) is 2.26. The van der Waals surface area contributed by atoms with Crippen LogP contribution in [0, 0.1) is 0 Å². The van der Waals surface area contributed by atoms with Crippen LogP contribution >= 0.6 is 10.0 Å². The number of aryl methyl sites for hydroxylation is 1. The molecule has 0 nitrogen and oxygen atoms in total. The molecule has 1 aliphatic rings. The number of allylic oxidation sites excluding steroid dienone is 2. The van der Waals surface area contributed by atoms with Gasteiger partial charge in [0.1, 0.15) is 0 Å². The van der Waals surface area contributed by atoms with Gasteiger partial charge in [-0.2, -0.15) is 0 Å². The van der Waals surface area contributed by atoms with Crippen molar-refractivity contribution in [1.82, 2.24) is 0 Å². The van der Waals surface area contributed by atoms with Gasteiger partial charge in [-0.1, -0.05) is 61.9 Å². The maximum absolute atomic E-state index is 2.41. The molecule has 1 aliphatic heterocycles. The molecule has 0 fully saturated rings. The fraction of sp³-hybridized carbons (Fsp3) is 0.200. The Hall–Kier alpha value is -1.73. The molecular weight excluding hydrogens is 272 g/mol. The zero-order valence-corrected chi connectivity index (χ0v) is 13.4. The van der Waals surface area contributed by atoms with Crippen molar-refractivity contribution in [3.05, 3.63) is 83.1 Å². The van der Waals surface area contributed by atoms with Crippen LogP contribution in [0.1, 0.15) is 25.3 Å². The van der Waals surface area contributed by atoms with E-state index in [0.717, 1.165) is 0 Å². The normalized spacial score (nSPS) is 17.0. The average Bonchev–Trinajstić information content (AvgIpc) is 3.05. The molecule has 21 heavy (non-hydrogen) atoms. The first-order valence-electron chi connectivity index (χ1n) is 7.68. The number of unbranched alkanes of at least 4 members (excludes halogenated alkanes) is 1. The summed E-state index contributed by atoms with van der Waals surface area (Å²) in [7, 11) is -1.14. The van der Waals surface area contributed by atoms with E-state index >= 15 is 0 Å². The minimum Gasteiger partial charge on any atom is -0.146 e. The molecule has 2 aromatic rings. The maximum Gasteiger partial charge on any atom is 0.00441 e. The molecule has 108 valence electrons. The molecule has 0 N–H and O–H groups in total. The van der Waals surface area contributed by atoms with Gasteiger partial charge >= 0.3 is 0 Å². The van der Waals surface area contributed by atoms with E-state index in [0.29, 0.717) is 0 Å². The van der Waals surface area contributed by atoms with E-state index in [-0.39, 0.29) is 0 Å². The van der Waals surface area contributed by atoms with Crippen LogP contribution < -0.4 is 0 Å². The van der Waals surface area contributed by atoms with Crippen LogP contribution in [-0.2, 0) is 6.42 Å². The molecule has 0 aromatic heterocycles. The lowest BCUT2D eigenvalue weighted by molar-refractivity contribution is 0.784. The topological polar surface area (TPSA) is 0 Å². The summed E-state index contributed by atoms with van der Waals surface area (Å²) in [6.07, 6.45) is 8.09. The van der Waals surface area contributed by atoms with Crippen LogP contribution in [0.25, 0.3) is 0 Å². The third-order valence-corrected chi connectivity index (χ3v) is 7.32. The Morgan fingerprint density at radius 1 is 0.810 bits per heavy atom. The van der Waals surface area contributed by atoms with Crippen molar-refractivity contribution in [3.8, 4) is 0 Å². The van der Waals surface area contributed by atoms with Crippen molar-refractivity contribution in [3.63, 3.8) is 0 Å². The summed E-state index contributed by atoms with van der Waals surface area (Å²) in [5.41, 5.74) is 1.51. The molecule has 0 saturated carbocycles. The Morgan fingerprint density at radius 2 is 1.48 bits per heavy atom. The fourth-order valence-corrected chi connectivity index (χ4v) is 6.01. The van der Waals surface area contributed by atoms with Gasteiger partial charge in [-0.25, -0.2) is 0 Å². The van der Waals surface area contributed by atoms with Crippen LogP contribution in [0.2, 0.25) is 0 Å². The van der Waals surface area contributed by atoms with Crippen LogP contribution in [0.15, 0.2) is 87.4 Å². The van der Waals surface area contributed by atoms with Gasteiger partial charge in [0.2, 0.25) is 0 Å². The monoisotopic (exact) mass is 294 g/mol. The van der Waals surface area contributed by atoms with E-state index in [9.17, 15) is 0 Å². The molecule has 0 aliphatic carbocycles. The molecule has 1 heteroatoms. The number of rotatable bonds is 5. The molecule has 0 radical (unpaired) electrons. The highest BCUT2D eigenvalue weighted by atomic mass is 32.3. The van der Waals surface area contributed by atoms with Gasteiger partial charge in [-0.3, -0.25) is 0 Å². The third kappa shape index (κ3) is 2.71. The van der Waals surface area contributed by atoms with Crippen molar-refractivity contribution in [2.45, 2.75) is 36.0 Å². The van der Waals surface area contributed by atoms with Crippen LogP contribution in [0.3, 0.4) is 0 Å². The Morgan fingerprint density at radius 3 is 2.19 bits per heavy atom. The predicted molar refractivity (Wildman–Crippen MR) is 93.9 cm³/mol. The van der Waals surface area contributed by atoms with E-state index in [4.69, 9.17) is 0 Å². The molecule has 3 rings (SSSR count). The molecule has 1 heterocycles. The Bertz CT molecular complexity index is 641. The predicted octanol–water partition coefficient (Wildman–Crippen LogP) is 6.29. The third-order valence-electron chi connectivity index (χ3n) is 3.97. The minimum atomic E-state index is -1.14. The Balaban J connectivity index is 2.12. The van der Waals surface area contributed by atoms with Crippen LogP contribution in [-0.4, -0.2) is 0 Å². The minimum absolute atomic E-state index is 1.14. The van der Waals surface area contributed by atoms with E-state index < -0.39 is 10.0 Å². The lowest BCUT2D eigenvalue weighted by Crippen LogP contribution is -1.99. The molecule has 0 saturated heterocycles. The van der Waals surface area contributed by atoms with Gasteiger partial charge in [0.15, 0.2) is 0 Å². The summed E-state index contributed by atoms with van der Waals surface area (Å²) < 4.78 is 0. The second-order valence-corrected chi connectivity index (χ2v) is 8.27.